The summed E-state index contributed by atoms with van der Waals surface area (Å²) in [5.74, 6) is -0.243. The number of benzene rings is 2. The molecular weight excluding hydrogens is 312 g/mol. The molecule has 2 heterocycles. The highest BCUT2D eigenvalue weighted by atomic mass is 16.2. The van der Waals surface area contributed by atoms with Crippen LogP contribution in [0.25, 0.3) is 0 Å². The van der Waals surface area contributed by atoms with Crippen molar-refractivity contribution in [2.24, 2.45) is 5.92 Å². The van der Waals surface area contributed by atoms with Crippen LogP contribution in [0, 0.1) is 12.8 Å². The minimum Gasteiger partial charge on any atom is -0.303 e. The maximum atomic E-state index is 13.1. The lowest BCUT2D eigenvalue weighted by atomic mass is 9.83. The van der Waals surface area contributed by atoms with Gasteiger partial charge in [-0.2, -0.15) is 0 Å². The van der Waals surface area contributed by atoms with Gasteiger partial charge in [-0.3, -0.25) is 9.80 Å². The lowest BCUT2D eigenvalue weighted by Gasteiger charge is -2.38. The van der Waals surface area contributed by atoms with Crippen molar-refractivity contribution in [3.05, 3.63) is 70.8 Å². The summed E-state index contributed by atoms with van der Waals surface area (Å²) in [6.07, 6.45) is 1.92. The number of aryl methyl sites for hydroxylation is 1. The third-order valence-corrected chi connectivity index (χ3v) is 5.65. The average Bonchev–Trinajstić information content (AvgIpc) is 2.93. The van der Waals surface area contributed by atoms with Crippen LogP contribution in [0.15, 0.2) is 48.5 Å². The van der Waals surface area contributed by atoms with Gasteiger partial charge in [-0.15, -0.1) is 0 Å². The first-order chi connectivity index (χ1) is 12.1. The lowest BCUT2D eigenvalue weighted by Crippen LogP contribution is -2.47. The maximum absolute atomic E-state index is 13.1. The molecule has 4 heteroatoms. The van der Waals surface area contributed by atoms with Gasteiger partial charge < -0.3 is 4.79 Å². The van der Waals surface area contributed by atoms with Crippen LogP contribution in [0.5, 0.6) is 0 Å². The fourth-order valence-corrected chi connectivity index (χ4v) is 4.38. The molecule has 25 heavy (non-hydrogen) atoms. The zero-order valence-electron chi connectivity index (χ0n) is 14.6. The molecule has 0 aliphatic carbocycles. The summed E-state index contributed by atoms with van der Waals surface area (Å²) >= 11 is 0. The van der Waals surface area contributed by atoms with E-state index in [1.165, 1.54) is 16.7 Å². The number of hydrogen-bond donors (Lipinski definition) is 0. The summed E-state index contributed by atoms with van der Waals surface area (Å²) in [6, 6.07) is 15.4. The number of carbonyl (C=O) groups is 2. The molecular formula is C21H22N2O2. The van der Waals surface area contributed by atoms with Gasteiger partial charge in [0.1, 0.15) is 6.29 Å². The van der Waals surface area contributed by atoms with E-state index >= 15 is 0 Å². The van der Waals surface area contributed by atoms with Gasteiger partial charge in [0.05, 0.1) is 18.0 Å². The topological polar surface area (TPSA) is 40.6 Å². The maximum Gasteiger partial charge on any atom is 0.268 e. The summed E-state index contributed by atoms with van der Waals surface area (Å²) in [6.45, 7) is 4.86. The Labute approximate surface area is 148 Å². The molecule has 3 atom stereocenters. The summed E-state index contributed by atoms with van der Waals surface area (Å²) in [5.41, 5.74) is 4.45. The SMILES string of the molecule is Cc1cccc2c1CCN1[C@H]2[C@@H](C=O)[C@H](C)N1C(=O)c1ccccc1. The van der Waals surface area contributed by atoms with Crippen molar-refractivity contribution in [3.63, 3.8) is 0 Å². The first-order valence-corrected chi connectivity index (χ1v) is 8.82. The standard InChI is InChI=1S/C21H22N2O2/c1-14-7-6-10-18-17(14)11-12-22-20(18)19(13-24)15(2)23(22)21(25)16-8-4-3-5-9-16/h3-10,13,15,19-20H,11-12H2,1-2H3/t15-,19-,20+/m0/s1. The second-order valence-corrected chi connectivity index (χ2v) is 6.97. The molecule has 2 aliphatic rings. The number of carbonyl (C=O) groups excluding carboxylic acids is 2. The van der Waals surface area contributed by atoms with Crippen molar-refractivity contribution in [1.82, 2.24) is 10.0 Å². The van der Waals surface area contributed by atoms with Crippen LogP contribution in [-0.2, 0) is 11.2 Å². The normalized spacial score (nSPS) is 25.4. The van der Waals surface area contributed by atoms with Crippen molar-refractivity contribution in [2.45, 2.75) is 32.4 Å². The summed E-state index contributed by atoms with van der Waals surface area (Å²) in [7, 11) is 0. The highest BCUT2D eigenvalue weighted by molar-refractivity contribution is 5.94. The predicted octanol–water partition coefficient (Wildman–Crippen LogP) is 3.17. The molecule has 128 valence electrons. The minimum atomic E-state index is -0.214. The Morgan fingerprint density at radius 3 is 2.60 bits per heavy atom. The van der Waals surface area contributed by atoms with E-state index in [1.54, 1.807) is 0 Å². The first kappa shape index (κ1) is 16.0. The Morgan fingerprint density at radius 2 is 1.88 bits per heavy atom. The molecule has 0 unspecified atom stereocenters. The van der Waals surface area contributed by atoms with E-state index in [2.05, 4.69) is 24.1 Å². The van der Waals surface area contributed by atoms with Crippen LogP contribution in [-0.4, -0.2) is 34.8 Å². The number of hydrogen-bond acceptors (Lipinski definition) is 3. The molecule has 2 aromatic carbocycles. The molecule has 0 saturated carbocycles. The molecule has 2 aliphatic heterocycles. The van der Waals surface area contributed by atoms with Gasteiger partial charge in [0.2, 0.25) is 0 Å². The van der Waals surface area contributed by atoms with Gasteiger partial charge in [0, 0.05) is 12.1 Å². The lowest BCUT2D eigenvalue weighted by molar-refractivity contribution is -0.112. The van der Waals surface area contributed by atoms with Gasteiger partial charge >= 0.3 is 0 Å². The van der Waals surface area contributed by atoms with Crippen LogP contribution in [0.2, 0.25) is 0 Å². The summed E-state index contributed by atoms with van der Waals surface area (Å²) in [5, 5.41) is 3.92. The molecule has 1 amide bonds. The zero-order chi connectivity index (χ0) is 17.6. The van der Waals surface area contributed by atoms with E-state index in [4.69, 9.17) is 0 Å². The zero-order valence-corrected chi connectivity index (χ0v) is 14.6. The van der Waals surface area contributed by atoms with Crippen LogP contribution < -0.4 is 0 Å². The monoisotopic (exact) mass is 334 g/mol. The van der Waals surface area contributed by atoms with E-state index in [9.17, 15) is 9.59 Å². The van der Waals surface area contributed by atoms with E-state index in [0.717, 1.165) is 19.3 Å². The molecule has 4 nitrogen and oxygen atoms in total. The average molecular weight is 334 g/mol. The van der Waals surface area contributed by atoms with Crippen molar-refractivity contribution >= 4 is 12.2 Å². The number of nitrogens with zero attached hydrogens (tertiary/aromatic N) is 2. The van der Waals surface area contributed by atoms with E-state index in [1.807, 2.05) is 48.3 Å². The highest BCUT2D eigenvalue weighted by Crippen LogP contribution is 2.45. The second kappa shape index (κ2) is 6.12. The highest BCUT2D eigenvalue weighted by Gasteiger charge is 2.50. The largest absolute Gasteiger partial charge is 0.303 e. The minimum absolute atomic E-state index is 0.0291. The number of rotatable bonds is 2. The van der Waals surface area contributed by atoms with Crippen LogP contribution >= 0.6 is 0 Å². The molecule has 0 N–H and O–H groups in total. The molecule has 0 radical (unpaired) electrons. The number of fused-ring (bicyclic) bond motifs is 3. The number of amides is 1. The fraction of sp³-hybridized carbons (Fsp3) is 0.333. The van der Waals surface area contributed by atoms with Gasteiger partial charge in [-0.05, 0) is 49.1 Å². The van der Waals surface area contributed by atoms with Crippen molar-refractivity contribution < 1.29 is 9.59 Å². The van der Waals surface area contributed by atoms with Gasteiger partial charge in [-0.1, -0.05) is 36.4 Å². The number of hydrazine groups is 1. The van der Waals surface area contributed by atoms with Crippen molar-refractivity contribution in [1.29, 1.82) is 0 Å². The Morgan fingerprint density at radius 1 is 1.12 bits per heavy atom. The van der Waals surface area contributed by atoms with Gasteiger partial charge in [0.15, 0.2) is 0 Å². The Kier molecular flexibility index (Phi) is 3.92. The fourth-order valence-electron chi connectivity index (χ4n) is 4.38. The van der Waals surface area contributed by atoms with E-state index in [-0.39, 0.29) is 23.9 Å². The van der Waals surface area contributed by atoms with Crippen LogP contribution in [0.3, 0.4) is 0 Å². The van der Waals surface area contributed by atoms with Gasteiger partial charge in [0.25, 0.3) is 5.91 Å². The predicted molar refractivity (Wildman–Crippen MR) is 96.0 cm³/mol. The molecule has 0 bridgehead atoms. The molecule has 1 fully saturated rings. The number of aldehydes is 1. The van der Waals surface area contributed by atoms with Crippen LogP contribution in [0.4, 0.5) is 0 Å². The second-order valence-electron chi connectivity index (χ2n) is 6.97. The summed E-state index contributed by atoms with van der Waals surface area (Å²) < 4.78 is 0. The third kappa shape index (κ3) is 2.40. The van der Waals surface area contributed by atoms with Crippen molar-refractivity contribution in [2.75, 3.05) is 6.54 Å². The Hall–Kier alpha value is -2.46. The molecule has 0 aromatic heterocycles. The first-order valence-electron chi connectivity index (χ1n) is 8.82. The smallest absolute Gasteiger partial charge is 0.268 e. The summed E-state index contributed by atoms with van der Waals surface area (Å²) in [4.78, 5) is 25.0. The van der Waals surface area contributed by atoms with E-state index in [0.29, 0.717) is 5.56 Å². The van der Waals surface area contributed by atoms with Gasteiger partial charge in [-0.25, -0.2) is 5.01 Å². The molecule has 0 spiro atoms. The van der Waals surface area contributed by atoms with Crippen molar-refractivity contribution in [3.8, 4) is 0 Å². The van der Waals surface area contributed by atoms with E-state index < -0.39 is 0 Å². The quantitative estimate of drug-likeness (QED) is 0.792. The Bertz CT molecular complexity index is 818. The molecule has 1 saturated heterocycles. The third-order valence-electron chi connectivity index (χ3n) is 5.65. The Balaban J connectivity index is 1.78. The molecule has 4 rings (SSSR count). The molecule has 2 aromatic rings. The van der Waals surface area contributed by atoms with Crippen LogP contribution in [0.1, 0.15) is 40.0 Å².